The Bertz CT molecular complexity index is 836. The van der Waals surface area contributed by atoms with E-state index in [2.05, 4.69) is 4.72 Å². The highest BCUT2D eigenvalue weighted by Gasteiger charge is 2.28. The minimum atomic E-state index is -4.12. The van der Waals surface area contributed by atoms with Gasteiger partial charge in [0, 0.05) is 17.0 Å². The van der Waals surface area contributed by atoms with Gasteiger partial charge in [0.2, 0.25) is 10.0 Å². The molecule has 0 bridgehead atoms. The Hall–Kier alpha value is -1.51. The van der Waals surface area contributed by atoms with E-state index in [1.54, 1.807) is 6.07 Å². The molecule has 0 amide bonds. The maximum atomic E-state index is 13.8. The molecule has 23 heavy (non-hydrogen) atoms. The first kappa shape index (κ1) is 16.4. The first-order valence-corrected chi connectivity index (χ1v) is 9.23. The zero-order valence-corrected chi connectivity index (χ0v) is 13.4. The molecule has 2 aromatic rings. The molecule has 1 heterocycles. The van der Waals surface area contributed by atoms with Gasteiger partial charge >= 0.3 is 0 Å². The lowest BCUT2D eigenvalue weighted by atomic mass is 10.0. The smallest absolute Gasteiger partial charge is 0.207 e. The third kappa shape index (κ3) is 3.39. The van der Waals surface area contributed by atoms with E-state index in [0.29, 0.717) is 28.7 Å². The van der Waals surface area contributed by atoms with E-state index in [9.17, 15) is 21.6 Å². The van der Waals surface area contributed by atoms with Gasteiger partial charge in [-0.25, -0.2) is 26.3 Å². The van der Waals surface area contributed by atoms with E-state index in [1.165, 1.54) is 23.9 Å². The van der Waals surface area contributed by atoms with Crippen molar-refractivity contribution in [2.24, 2.45) is 0 Å². The van der Waals surface area contributed by atoms with Crippen LogP contribution in [-0.4, -0.2) is 14.2 Å². The van der Waals surface area contributed by atoms with Gasteiger partial charge in [0.15, 0.2) is 0 Å². The molecule has 0 spiro atoms. The van der Waals surface area contributed by atoms with Crippen molar-refractivity contribution in [2.75, 3.05) is 5.75 Å². The van der Waals surface area contributed by atoms with E-state index in [1.807, 2.05) is 0 Å². The summed E-state index contributed by atoms with van der Waals surface area (Å²) in [6.45, 7) is 0. The molecular weight excluding hydrogens is 347 g/mol. The lowest BCUT2D eigenvalue weighted by Gasteiger charge is -2.26. The van der Waals surface area contributed by atoms with Gasteiger partial charge in [-0.1, -0.05) is 12.1 Å². The van der Waals surface area contributed by atoms with Crippen molar-refractivity contribution >= 4 is 21.8 Å². The Labute approximate surface area is 136 Å². The molecule has 1 aliphatic heterocycles. The van der Waals surface area contributed by atoms with E-state index >= 15 is 0 Å². The lowest BCUT2D eigenvalue weighted by molar-refractivity contribution is 0.529. The first-order valence-electron chi connectivity index (χ1n) is 6.76. The molecule has 0 radical (unpaired) electrons. The van der Waals surface area contributed by atoms with Crippen molar-refractivity contribution < 1.29 is 21.6 Å². The van der Waals surface area contributed by atoms with Crippen molar-refractivity contribution in [3.63, 3.8) is 0 Å². The largest absolute Gasteiger partial charge is 0.241 e. The predicted molar refractivity (Wildman–Crippen MR) is 81.2 cm³/mol. The molecule has 0 aromatic heterocycles. The molecule has 1 atom stereocenters. The van der Waals surface area contributed by atoms with Crippen molar-refractivity contribution in [1.29, 1.82) is 0 Å². The van der Waals surface area contributed by atoms with Crippen LogP contribution in [0, 0.1) is 17.5 Å². The molecule has 3 nitrogen and oxygen atoms in total. The van der Waals surface area contributed by atoms with Gasteiger partial charge in [-0.3, -0.25) is 0 Å². The predicted octanol–water partition coefficient (Wildman–Crippen LogP) is 3.62. The van der Waals surface area contributed by atoms with Gasteiger partial charge in [-0.15, -0.1) is 11.8 Å². The number of sulfonamides is 1. The lowest BCUT2D eigenvalue weighted by Crippen LogP contribution is -2.31. The van der Waals surface area contributed by atoms with Crippen molar-refractivity contribution in [3.05, 3.63) is 59.4 Å². The van der Waals surface area contributed by atoms with Crippen LogP contribution in [0.2, 0.25) is 0 Å². The van der Waals surface area contributed by atoms with Crippen molar-refractivity contribution in [3.8, 4) is 0 Å². The summed E-state index contributed by atoms with van der Waals surface area (Å²) in [5, 5.41) is 0. The number of hydrogen-bond donors (Lipinski definition) is 1. The van der Waals surface area contributed by atoms with Crippen molar-refractivity contribution in [2.45, 2.75) is 22.3 Å². The summed E-state index contributed by atoms with van der Waals surface area (Å²) in [6.07, 6.45) is 0.456. The number of benzene rings is 2. The Kier molecular flexibility index (Phi) is 4.39. The van der Waals surface area contributed by atoms with Crippen LogP contribution in [0.25, 0.3) is 0 Å². The number of thioether (sulfide) groups is 1. The second kappa shape index (κ2) is 6.18. The van der Waals surface area contributed by atoms with Crippen LogP contribution in [-0.2, 0) is 10.0 Å². The van der Waals surface area contributed by atoms with Crippen LogP contribution in [0.15, 0.2) is 46.2 Å². The summed E-state index contributed by atoms with van der Waals surface area (Å²) in [5.74, 6) is -1.82. The van der Waals surface area contributed by atoms with Gasteiger partial charge < -0.3 is 0 Å². The third-order valence-corrected chi connectivity index (χ3v) is 6.08. The van der Waals surface area contributed by atoms with Crippen LogP contribution in [0.4, 0.5) is 13.2 Å². The molecular formula is C15H12F3NO2S2. The quantitative estimate of drug-likeness (QED) is 0.911. The summed E-state index contributed by atoms with van der Waals surface area (Å²) in [7, 11) is -4.12. The first-order chi connectivity index (χ1) is 10.9. The Morgan fingerprint density at radius 1 is 1.09 bits per heavy atom. The third-order valence-electron chi connectivity index (χ3n) is 3.47. The van der Waals surface area contributed by atoms with Gasteiger partial charge in [0.1, 0.15) is 17.5 Å². The van der Waals surface area contributed by atoms with Crippen LogP contribution in [0.1, 0.15) is 18.0 Å². The molecule has 1 N–H and O–H groups in total. The zero-order chi connectivity index (χ0) is 16.6. The highest BCUT2D eigenvalue weighted by molar-refractivity contribution is 7.99. The molecule has 3 rings (SSSR count). The summed E-state index contributed by atoms with van der Waals surface area (Å²) in [6, 6.07) is 5.90. The molecule has 1 unspecified atom stereocenters. The number of halogens is 3. The number of hydrogen-bond acceptors (Lipinski definition) is 3. The Morgan fingerprint density at radius 2 is 1.78 bits per heavy atom. The maximum Gasteiger partial charge on any atom is 0.241 e. The number of nitrogens with one attached hydrogen (secondary N) is 1. The Morgan fingerprint density at radius 3 is 2.48 bits per heavy atom. The van der Waals surface area contributed by atoms with E-state index in [4.69, 9.17) is 0 Å². The minimum absolute atomic E-state index is 0.400. The standard InChI is InChI=1S/C15H12F3NO2S2/c16-9-6-10(17)8-11(7-9)23(20,21)19-14-4-5-22-15-12(14)2-1-3-13(15)18/h1-3,6-8,14,19H,4-5H2. The SMILES string of the molecule is O=S(=O)(NC1CCSc2c(F)cccc21)c1cc(F)cc(F)c1. The van der Waals surface area contributed by atoms with Crippen LogP contribution in [0.5, 0.6) is 0 Å². The fraction of sp³-hybridized carbons (Fsp3) is 0.200. The monoisotopic (exact) mass is 359 g/mol. The minimum Gasteiger partial charge on any atom is -0.207 e. The van der Waals surface area contributed by atoms with Crippen molar-refractivity contribution in [1.82, 2.24) is 4.72 Å². The van der Waals surface area contributed by atoms with Gasteiger partial charge in [0.05, 0.1) is 4.90 Å². The van der Waals surface area contributed by atoms with Crippen LogP contribution < -0.4 is 4.72 Å². The van der Waals surface area contributed by atoms with Gasteiger partial charge in [-0.05, 0) is 35.9 Å². The summed E-state index contributed by atoms with van der Waals surface area (Å²) >= 11 is 1.32. The fourth-order valence-electron chi connectivity index (χ4n) is 2.45. The van der Waals surface area contributed by atoms with Gasteiger partial charge in [0.25, 0.3) is 0 Å². The van der Waals surface area contributed by atoms with E-state index in [-0.39, 0.29) is 0 Å². The second-order valence-electron chi connectivity index (χ2n) is 5.07. The molecule has 0 fully saturated rings. The van der Waals surface area contributed by atoms with E-state index < -0.39 is 38.4 Å². The summed E-state index contributed by atoms with van der Waals surface area (Å²) in [5.41, 5.74) is 0.529. The van der Waals surface area contributed by atoms with E-state index in [0.717, 1.165) is 12.1 Å². The molecule has 8 heteroatoms. The highest BCUT2D eigenvalue weighted by atomic mass is 32.2. The highest BCUT2D eigenvalue weighted by Crippen LogP contribution is 2.38. The molecule has 0 saturated heterocycles. The topological polar surface area (TPSA) is 46.2 Å². The zero-order valence-electron chi connectivity index (χ0n) is 11.7. The van der Waals surface area contributed by atoms with Crippen LogP contribution >= 0.6 is 11.8 Å². The average molecular weight is 359 g/mol. The molecule has 122 valence electrons. The normalized spacial score (nSPS) is 17.8. The number of rotatable bonds is 3. The molecule has 2 aromatic carbocycles. The van der Waals surface area contributed by atoms with Crippen LogP contribution in [0.3, 0.4) is 0 Å². The average Bonchev–Trinajstić information content (AvgIpc) is 2.47. The summed E-state index contributed by atoms with van der Waals surface area (Å²) < 4.78 is 67.4. The number of fused-ring (bicyclic) bond motifs is 1. The molecule has 1 aliphatic rings. The maximum absolute atomic E-state index is 13.8. The second-order valence-corrected chi connectivity index (χ2v) is 7.89. The van der Waals surface area contributed by atoms with Gasteiger partial charge in [-0.2, -0.15) is 0 Å². The Balaban J connectivity index is 1.95. The molecule has 0 saturated carbocycles. The summed E-state index contributed by atoms with van der Waals surface area (Å²) in [4.78, 5) is -0.0944. The molecule has 0 aliphatic carbocycles. The fourth-order valence-corrected chi connectivity index (χ4v) is 4.88.